The molecule has 1 unspecified atom stereocenters. The smallest absolute Gasteiger partial charge is 0.387 e. The van der Waals surface area contributed by atoms with E-state index >= 15 is 22.4 Å². The summed E-state index contributed by atoms with van der Waals surface area (Å²) >= 11 is 0. The molecule has 57 heavy (non-hydrogen) atoms. The van der Waals surface area contributed by atoms with E-state index in [1.807, 2.05) is 0 Å². The Morgan fingerprint density at radius 2 is 1.07 bits per heavy atom. The number of carbonyl (C=O) groups excluding carboxylic acids is 2. The summed E-state index contributed by atoms with van der Waals surface area (Å²) < 4.78 is 127. The van der Waals surface area contributed by atoms with Gasteiger partial charge in [0.2, 0.25) is 5.91 Å². The second-order valence-electron chi connectivity index (χ2n) is 13.2. The Hall–Kier alpha value is -6.00. The van der Waals surface area contributed by atoms with Gasteiger partial charge in [0.05, 0.1) is 0 Å². The van der Waals surface area contributed by atoms with Crippen LogP contribution >= 0.6 is 0 Å². The summed E-state index contributed by atoms with van der Waals surface area (Å²) in [6.45, 7) is -7.81. The standard InChI is InChI=1S/C40H33F8N3O6/c41-26-15-17-29(56-39(45)46)32(34(26)43)36(49-54-20-23-11-12-23)51(38(53)31(25-9-5-2-6-10-25)28(52)19-22-7-3-1-4-8-22)37(50-55-21-24-13-14-24)33-30(57-40(47)48)18-16-27(42)35(33)44/h1-10,15-18,23-24,31,39-40H,11-14,19-21H2. The van der Waals surface area contributed by atoms with E-state index in [1.165, 1.54) is 24.3 Å². The van der Waals surface area contributed by atoms with Crippen molar-refractivity contribution in [3.05, 3.63) is 130 Å². The number of halogens is 8. The van der Waals surface area contributed by atoms with E-state index in [0.29, 0.717) is 55.5 Å². The minimum Gasteiger partial charge on any atom is -0.434 e. The molecule has 0 radical (unpaired) electrons. The predicted molar refractivity (Wildman–Crippen MR) is 188 cm³/mol. The molecule has 1 atom stereocenters. The fourth-order valence-electron chi connectivity index (χ4n) is 5.69. The zero-order valence-corrected chi connectivity index (χ0v) is 29.7. The van der Waals surface area contributed by atoms with E-state index in [9.17, 15) is 22.4 Å². The zero-order valence-electron chi connectivity index (χ0n) is 29.7. The average Bonchev–Trinajstić information content (AvgIpc) is 4.12. The van der Waals surface area contributed by atoms with Gasteiger partial charge in [-0.2, -0.15) is 17.6 Å². The molecular formula is C40H33F8N3O6. The van der Waals surface area contributed by atoms with Crippen LogP contribution in [0.25, 0.3) is 0 Å². The first-order chi connectivity index (χ1) is 27.4. The number of oxime groups is 2. The molecule has 0 saturated heterocycles. The third kappa shape index (κ3) is 10.3. The molecule has 0 bridgehead atoms. The Kier molecular flexibility index (Phi) is 13.1. The lowest BCUT2D eigenvalue weighted by Crippen LogP contribution is -2.48. The van der Waals surface area contributed by atoms with Crippen LogP contribution in [-0.4, -0.2) is 54.7 Å². The first-order valence-corrected chi connectivity index (χ1v) is 17.6. The third-order valence-corrected chi connectivity index (χ3v) is 8.88. The summed E-state index contributed by atoms with van der Waals surface area (Å²) in [5.41, 5.74) is -2.27. The highest BCUT2D eigenvalue weighted by atomic mass is 19.3. The van der Waals surface area contributed by atoms with Gasteiger partial charge >= 0.3 is 13.2 Å². The molecule has 0 spiro atoms. The number of ketones is 1. The van der Waals surface area contributed by atoms with Crippen LogP contribution in [0.3, 0.4) is 0 Å². The van der Waals surface area contributed by atoms with Crippen LogP contribution < -0.4 is 9.47 Å². The van der Waals surface area contributed by atoms with E-state index in [1.54, 1.807) is 36.4 Å². The Balaban J connectivity index is 1.67. The summed E-state index contributed by atoms with van der Waals surface area (Å²) in [6, 6.07) is 17.2. The van der Waals surface area contributed by atoms with Crippen molar-refractivity contribution in [2.45, 2.75) is 51.2 Å². The van der Waals surface area contributed by atoms with Crippen molar-refractivity contribution in [3.8, 4) is 11.5 Å². The van der Waals surface area contributed by atoms with Crippen molar-refractivity contribution in [3.63, 3.8) is 0 Å². The summed E-state index contributed by atoms with van der Waals surface area (Å²) in [5.74, 6) is -16.7. The van der Waals surface area contributed by atoms with E-state index in [2.05, 4.69) is 19.8 Å². The fourth-order valence-corrected chi connectivity index (χ4v) is 5.69. The minimum atomic E-state index is -3.68. The molecular weight excluding hydrogens is 770 g/mol. The molecule has 2 saturated carbocycles. The molecule has 9 nitrogen and oxygen atoms in total. The molecule has 2 aliphatic carbocycles. The monoisotopic (exact) mass is 803 g/mol. The van der Waals surface area contributed by atoms with Gasteiger partial charge in [0.15, 0.2) is 40.7 Å². The van der Waals surface area contributed by atoms with E-state index in [-0.39, 0.29) is 35.5 Å². The number of benzene rings is 4. The summed E-state index contributed by atoms with van der Waals surface area (Å²) in [7, 11) is 0. The molecule has 2 fully saturated rings. The lowest BCUT2D eigenvalue weighted by Gasteiger charge is -2.30. The van der Waals surface area contributed by atoms with E-state index in [0.717, 1.165) is 0 Å². The van der Waals surface area contributed by atoms with Crippen LogP contribution in [0.5, 0.6) is 11.5 Å². The van der Waals surface area contributed by atoms with Crippen LogP contribution in [0.1, 0.15) is 53.9 Å². The molecule has 0 N–H and O–H groups in total. The van der Waals surface area contributed by atoms with Crippen LogP contribution in [-0.2, 0) is 25.7 Å². The van der Waals surface area contributed by atoms with Gasteiger partial charge in [-0.1, -0.05) is 71.0 Å². The van der Waals surface area contributed by atoms with Gasteiger partial charge in [-0.05, 0) is 72.9 Å². The predicted octanol–water partition coefficient (Wildman–Crippen LogP) is 8.75. The van der Waals surface area contributed by atoms with Crippen molar-refractivity contribution in [1.82, 2.24) is 4.90 Å². The van der Waals surface area contributed by atoms with Gasteiger partial charge in [-0.25, -0.2) is 22.5 Å². The normalized spacial score (nSPS) is 15.1. The molecule has 1 amide bonds. The summed E-state index contributed by atoms with van der Waals surface area (Å²) in [5, 5.41) is 7.73. The van der Waals surface area contributed by atoms with Crippen molar-refractivity contribution < 1.29 is 63.9 Å². The second-order valence-corrected chi connectivity index (χ2v) is 13.2. The first-order valence-electron chi connectivity index (χ1n) is 17.6. The van der Waals surface area contributed by atoms with Crippen LogP contribution in [0.15, 0.2) is 95.2 Å². The lowest BCUT2D eigenvalue weighted by atomic mass is 9.89. The Morgan fingerprint density at radius 1 is 0.632 bits per heavy atom. The van der Waals surface area contributed by atoms with Gasteiger partial charge in [-0.15, -0.1) is 0 Å². The number of hydrogen-bond acceptors (Lipinski definition) is 8. The van der Waals surface area contributed by atoms with E-state index < -0.39 is 94.8 Å². The molecule has 300 valence electrons. The molecule has 6 rings (SSSR count). The van der Waals surface area contributed by atoms with Gasteiger partial charge in [0.1, 0.15) is 41.8 Å². The summed E-state index contributed by atoms with van der Waals surface area (Å²) in [6.07, 6.45) is 2.16. The molecule has 0 aliphatic heterocycles. The van der Waals surface area contributed by atoms with Crippen molar-refractivity contribution in [2.75, 3.05) is 13.2 Å². The van der Waals surface area contributed by atoms with Gasteiger partial charge in [0, 0.05) is 6.42 Å². The van der Waals surface area contributed by atoms with Crippen molar-refractivity contribution in [1.29, 1.82) is 0 Å². The first kappa shape index (κ1) is 40.7. The van der Waals surface area contributed by atoms with E-state index in [4.69, 9.17) is 9.68 Å². The van der Waals surface area contributed by atoms with Gasteiger partial charge < -0.3 is 19.1 Å². The lowest BCUT2D eigenvalue weighted by molar-refractivity contribution is -0.132. The maximum atomic E-state index is 16.2. The quantitative estimate of drug-likeness (QED) is 0.0348. The third-order valence-electron chi connectivity index (χ3n) is 8.88. The van der Waals surface area contributed by atoms with Crippen LogP contribution in [0.2, 0.25) is 0 Å². The Bertz CT molecular complexity index is 2020. The number of Topliss-reactive ketones (excluding diaryl/α,β-unsaturated/α-hetero) is 1. The SMILES string of the molecule is O=C(Cc1ccccc1)C(C(=O)N(C(=NOCC1CC1)c1c(OC(F)F)ccc(F)c1F)C(=NOCC1CC1)c1c(OC(F)F)ccc(F)c1F)c1ccccc1. The number of hydrogen-bond donors (Lipinski definition) is 0. The molecule has 17 heteroatoms. The number of alkyl halides is 4. The zero-order chi connectivity index (χ0) is 40.6. The summed E-state index contributed by atoms with van der Waals surface area (Å²) in [4.78, 5) is 40.8. The van der Waals surface area contributed by atoms with Crippen LogP contribution in [0, 0.1) is 35.1 Å². The number of amides is 1. The van der Waals surface area contributed by atoms with Gasteiger partial charge in [-0.3, -0.25) is 9.59 Å². The highest BCUT2D eigenvalue weighted by Crippen LogP contribution is 2.36. The van der Waals surface area contributed by atoms with Crippen LogP contribution in [0.4, 0.5) is 35.1 Å². The Morgan fingerprint density at radius 3 is 1.49 bits per heavy atom. The number of amidine groups is 2. The number of ether oxygens (including phenoxy) is 2. The minimum absolute atomic E-state index is 0.0301. The van der Waals surface area contributed by atoms with Crippen molar-refractivity contribution >= 4 is 23.4 Å². The van der Waals surface area contributed by atoms with Gasteiger partial charge in [0.25, 0.3) is 0 Å². The second kappa shape index (κ2) is 18.3. The maximum absolute atomic E-state index is 16.2. The van der Waals surface area contributed by atoms with Crippen molar-refractivity contribution in [2.24, 2.45) is 22.1 Å². The highest BCUT2D eigenvalue weighted by Gasteiger charge is 2.43. The Labute approximate surface area is 320 Å². The highest BCUT2D eigenvalue weighted by molar-refractivity contribution is 6.28. The molecule has 2 aliphatic rings. The maximum Gasteiger partial charge on any atom is 0.387 e. The number of nitrogens with zero attached hydrogens (tertiary/aromatic N) is 3. The largest absolute Gasteiger partial charge is 0.434 e. The fraction of sp³-hybridized carbons (Fsp3) is 0.300. The molecule has 0 heterocycles. The molecule has 4 aromatic rings. The molecule has 4 aromatic carbocycles. The molecule has 0 aromatic heterocycles. The average molecular weight is 804 g/mol. The number of carbonyl (C=O) groups is 2. The topological polar surface area (TPSA) is 99.0 Å². The number of rotatable bonds is 17.